The van der Waals surface area contributed by atoms with Gasteiger partial charge in [-0.2, -0.15) is 0 Å². The Morgan fingerprint density at radius 1 is 1.12 bits per heavy atom. The minimum absolute atomic E-state index is 0.114. The molecule has 25 heavy (non-hydrogen) atoms. The summed E-state index contributed by atoms with van der Waals surface area (Å²) in [5.41, 5.74) is 6.42. The Morgan fingerprint density at radius 3 is 2.48 bits per heavy atom. The van der Waals surface area contributed by atoms with Crippen LogP contribution in [0.3, 0.4) is 0 Å². The van der Waals surface area contributed by atoms with Gasteiger partial charge in [0.05, 0.1) is 4.92 Å². The molecule has 2 aromatic carbocycles. The van der Waals surface area contributed by atoms with Crippen molar-refractivity contribution in [3.8, 4) is 0 Å². The second-order valence-corrected chi connectivity index (χ2v) is 5.61. The zero-order valence-corrected chi connectivity index (χ0v) is 13.6. The predicted molar refractivity (Wildman–Crippen MR) is 92.9 cm³/mol. The lowest BCUT2D eigenvalue weighted by Gasteiger charge is -2.15. The van der Waals surface area contributed by atoms with Crippen LogP contribution in [0.2, 0.25) is 0 Å². The molecule has 2 rings (SSSR count). The fourth-order valence-corrected chi connectivity index (χ4v) is 2.44. The predicted octanol–water partition coefficient (Wildman–Crippen LogP) is 2.20. The molecule has 2 aromatic rings. The first-order valence-corrected chi connectivity index (χ1v) is 7.86. The molecule has 0 radical (unpaired) electrons. The van der Waals surface area contributed by atoms with Crippen molar-refractivity contribution in [3.63, 3.8) is 0 Å². The van der Waals surface area contributed by atoms with Crippen LogP contribution in [0.1, 0.15) is 28.8 Å². The van der Waals surface area contributed by atoms with E-state index < -0.39 is 22.8 Å². The number of benzene rings is 2. The maximum atomic E-state index is 12.2. The molecular formula is C18H19N3O4. The van der Waals surface area contributed by atoms with Gasteiger partial charge in [0.2, 0.25) is 5.91 Å². The van der Waals surface area contributed by atoms with Crippen molar-refractivity contribution in [3.05, 3.63) is 75.8 Å². The molecule has 0 saturated heterocycles. The number of non-ortho nitro benzene ring substituents is 1. The number of amides is 2. The zero-order valence-electron chi connectivity index (χ0n) is 13.6. The molecule has 0 aliphatic carbocycles. The SMILES string of the molecule is NC(=O)[C@@H](CCCc1ccccc1)NC(=O)c1cccc([N+](=O)[O-])c1. The number of rotatable bonds is 8. The van der Waals surface area contributed by atoms with Crippen LogP contribution >= 0.6 is 0 Å². The van der Waals surface area contributed by atoms with E-state index >= 15 is 0 Å². The number of nitro groups is 1. The van der Waals surface area contributed by atoms with Crippen LogP contribution in [-0.4, -0.2) is 22.8 Å². The molecule has 0 aromatic heterocycles. The highest BCUT2D eigenvalue weighted by atomic mass is 16.6. The van der Waals surface area contributed by atoms with Crippen LogP contribution < -0.4 is 11.1 Å². The van der Waals surface area contributed by atoms with Crippen LogP contribution in [0.4, 0.5) is 5.69 Å². The molecule has 0 aliphatic heterocycles. The normalized spacial score (nSPS) is 11.5. The Morgan fingerprint density at radius 2 is 1.84 bits per heavy atom. The first-order valence-electron chi connectivity index (χ1n) is 7.86. The molecule has 2 amide bonds. The van der Waals surface area contributed by atoms with Crippen LogP contribution in [0.25, 0.3) is 0 Å². The Kier molecular flexibility index (Phi) is 6.22. The van der Waals surface area contributed by atoms with Gasteiger partial charge in [-0.3, -0.25) is 19.7 Å². The number of nitro benzene ring substituents is 1. The summed E-state index contributed by atoms with van der Waals surface area (Å²) in [6, 6.07) is 14.3. The maximum Gasteiger partial charge on any atom is 0.270 e. The molecular weight excluding hydrogens is 322 g/mol. The molecule has 0 fully saturated rings. The van der Waals surface area contributed by atoms with Crippen LogP contribution in [0.15, 0.2) is 54.6 Å². The van der Waals surface area contributed by atoms with Gasteiger partial charge >= 0.3 is 0 Å². The van der Waals surface area contributed by atoms with E-state index in [-0.39, 0.29) is 11.3 Å². The van der Waals surface area contributed by atoms with Gasteiger partial charge in [-0.1, -0.05) is 36.4 Å². The lowest BCUT2D eigenvalue weighted by Crippen LogP contribution is -2.44. The molecule has 3 N–H and O–H groups in total. The first kappa shape index (κ1) is 18.1. The molecule has 0 bridgehead atoms. The van der Waals surface area contributed by atoms with E-state index in [2.05, 4.69) is 5.32 Å². The third-order valence-electron chi connectivity index (χ3n) is 3.77. The van der Waals surface area contributed by atoms with Crippen molar-refractivity contribution in [1.29, 1.82) is 0 Å². The Labute approximate surface area is 145 Å². The fraction of sp³-hybridized carbons (Fsp3) is 0.222. The number of nitrogens with one attached hydrogen (secondary N) is 1. The third-order valence-corrected chi connectivity index (χ3v) is 3.77. The number of primary amides is 1. The molecule has 1 atom stereocenters. The molecule has 0 unspecified atom stereocenters. The fourth-order valence-electron chi connectivity index (χ4n) is 2.44. The maximum absolute atomic E-state index is 12.2. The van der Waals surface area contributed by atoms with Crippen molar-refractivity contribution in [2.45, 2.75) is 25.3 Å². The molecule has 0 spiro atoms. The van der Waals surface area contributed by atoms with Gasteiger partial charge in [-0.15, -0.1) is 0 Å². The van der Waals surface area contributed by atoms with E-state index in [0.717, 1.165) is 18.1 Å². The van der Waals surface area contributed by atoms with Gasteiger partial charge in [0.25, 0.3) is 11.6 Å². The van der Waals surface area contributed by atoms with Crippen molar-refractivity contribution in [2.75, 3.05) is 0 Å². The lowest BCUT2D eigenvalue weighted by atomic mass is 10.0. The highest BCUT2D eigenvalue weighted by Gasteiger charge is 2.19. The van der Waals surface area contributed by atoms with Crippen molar-refractivity contribution in [1.82, 2.24) is 5.32 Å². The summed E-state index contributed by atoms with van der Waals surface area (Å²) < 4.78 is 0. The van der Waals surface area contributed by atoms with Crippen molar-refractivity contribution >= 4 is 17.5 Å². The van der Waals surface area contributed by atoms with Crippen molar-refractivity contribution < 1.29 is 14.5 Å². The summed E-state index contributed by atoms with van der Waals surface area (Å²) >= 11 is 0. The summed E-state index contributed by atoms with van der Waals surface area (Å²) in [5, 5.41) is 13.3. The van der Waals surface area contributed by atoms with E-state index in [1.54, 1.807) is 0 Å². The van der Waals surface area contributed by atoms with Gasteiger partial charge < -0.3 is 11.1 Å². The van der Waals surface area contributed by atoms with E-state index in [1.807, 2.05) is 30.3 Å². The smallest absolute Gasteiger partial charge is 0.270 e. The summed E-state index contributed by atoms with van der Waals surface area (Å²) in [5.74, 6) is -1.20. The number of hydrogen-bond donors (Lipinski definition) is 2. The van der Waals surface area contributed by atoms with E-state index in [9.17, 15) is 19.7 Å². The number of carbonyl (C=O) groups excluding carboxylic acids is 2. The summed E-state index contributed by atoms with van der Waals surface area (Å²) in [7, 11) is 0. The van der Waals surface area contributed by atoms with E-state index in [0.29, 0.717) is 12.8 Å². The van der Waals surface area contributed by atoms with Gasteiger partial charge in [0.15, 0.2) is 0 Å². The highest BCUT2D eigenvalue weighted by Crippen LogP contribution is 2.13. The standard InChI is InChI=1S/C18H19N3O4/c19-17(22)16(11-4-8-13-6-2-1-3-7-13)20-18(23)14-9-5-10-15(12-14)21(24)25/h1-3,5-7,9-10,12,16H,4,8,11H2,(H2,19,22)(H,20,23)/t16-/m1/s1. The second-order valence-electron chi connectivity index (χ2n) is 5.61. The number of aryl methyl sites for hydroxylation is 1. The van der Waals surface area contributed by atoms with Crippen LogP contribution in [0, 0.1) is 10.1 Å². The van der Waals surface area contributed by atoms with Gasteiger partial charge in [0, 0.05) is 17.7 Å². The summed E-state index contributed by atoms with van der Waals surface area (Å²) in [6.45, 7) is 0. The molecule has 130 valence electrons. The van der Waals surface area contributed by atoms with Crippen LogP contribution in [0.5, 0.6) is 0 Å². The van der Waals surface area contributed by atoms with Gasteiger partial charge in [-0.05, 0) is 30.9 Å². The van der Waals surface area contributed by atoms with Crippen LogP contribution in [-0.2, 0) is 11.2 Å². The average Bonchev–Trinajstić information content (AvgIpc) is 2.61. The third kappa shape index (κ3) is 5.42. The van der Waals surface area contributed by atoms with Gasteiger partial charge in [0.1, 0.15) is 6.04 Å². The minimum atomic E-state index is -0.824. The average molecular weight is 341 g/mol. The molecule has 7 nitrogen and oxygen atoms in total. The molecule has 0 heterocycles. The number of nitrogens with two attached hydrogens (primary N) is 1. The monoisotopic (exact) mass is 341 g/mol. The van der Waals surface area contributed by atoms with E-state index in [4.69, 9.17) is 5.73 Å². The Balaban J connectivity index is 1.96. The second kappa shape index (κ2) is 8.58. The lowest BCUT2D eigenvalue weighted by molar-refractivity contribution is -0.384. The first-order chi connectivity index (χ1) is 12.0. The molecule has 0 saturated carbocycles. The van der Waals surface area contributed by atoms with Gasteiger partial charge in [-0.25, -0.2) is 0 Å². The number of carbonyl (C=O) groups is 2. The topological polar surface area (TPSA) is 115 Å². The minimum Gasteiger partial charge on any atom is -0.368 e. The summed E-state index contributed by atoms with van der Waals surface area (Å²) in [4.78, 5) is 34.0. The number of nitrogens with zero attached hydrogens (tertiary/aromatic N) is 1. The van der Waals surface area contributed by atoms with Crippen molar-refractivity contribution in [2.24, 2.45) is 5.73 Å². The zero-order chi connectivity index (χ0) is 18.2. The Bertz CT molecular complexity index is 762. The quantitative estimate of drug-likeness (QED) is 0.565. The molecule has 7 heteroatoms. The molecule has 0 aliphatic rings. The number of hydrogen-bond acceptors (Lipinski definition) is 4. The largest absolute Gasteiger partial charge is 0.368 e. The summed E-state index contributed by atoms with van der Waals surface area (Å²) in [6.07, 6.45) is 1.83. The Hall–Kier alpha value is -3.22. The van der Waals surface area contributed by atoms with E-state index in [1.165, 1.54) is 18.2 Å². The highest BCUT2D eigenvalue weighted by molar-refractivity contribution is 5.97.